The minimum Gasteiger partial charge on any atom is -0.292 e. The fraction of sp³-hybridized carbons (Fsp3) is 0.200. The molecule has 5 aromatic rings. The number of ketones is 1. The SMILES string of the molecule is CCc1ccc(C(=O)CSc2nnc3n(-c4cc(C)ccc4C)c(=O)c4ccccc4n23)s1. The smallest absolute Gasteiger partial charge is 0.267 e. The molecule has 0 saturated carbocycles. The number of rotatable bonds is 6. The number of carbonyl (C=O) groups is 1. The van der Waals surface area contributed by atoms with E-state index >= 15 is 0 Å². The number of hydrogen-bond donors (Lipinski definition) is 0. The molecule has 0 unspecified atom stereocenters. The van der Waals surface area contributed by atoms with Crippen molar-refractivity contribution in [3.05, 3.63) is 85.8 Å². The summed E-state index contributed by atoms with van der Waals surface area (Å²) in [5.41, 5.74) is 3.38. The summed E-state index contributed by atoms with van der Waals surface area (Å²) in [6.07, 6.45) is 0.918. The van der Waals surface area contributed by atoms with Crippen LogP contribution in [0, 0.1) is 13.8 Å². The zero-order valence-corrected chi connectivity index (χ0v) is 20.2. The molecule has 3 aromatic heterocycles. The Balaban J connectivity index is 1.65. The summed E-state index contributed by atoms with van der Waals surface area (Å²) in [7, 11) is 0. The third kappa shape index (κ3) is 3.79. The van der Waals surface area contributed by atoms with Crippen LogP contribution in [0.5, 0.6) is 0 Å². The van der Waals surface area contributed by atoms with Gasteiger partial charge in [0.05, 0.1) is 27.2 Å². The van der Waals surface area contributed by atoms with Crippen molar-refractivity contribution < 1.29 is 4.79 Å². The van der Waals surface area contributed by atoms with Crippen LogP contribution >= 0.6 is 23.1 Å². The Bertz CT molecular complexity index is 1580. The van der Waals surface area contributed by atoms with Gasteiger partial charge in [0.15, 0.2) is 10.9 Å². The second-order valence-corrected chi connectivity index (χ2v) is 10.0. The molecule has 6 nitrogen and oxygen atoms in total. The topological polar surface area (TPSA) is 69.3 Å². The van der Waals surface area contributed by atoms with Crippen molar-refractivity contribution in [1.29, 1.82) is 0 Å². The van der Waals surface area contributed by atoms with Gasteiger partial charge in [0, 0.05) is 4.88 Å². The number of aryl methyl sites for hydroxylation is 3. The van der Waals surface area contributed by atoms with Gasteiger partial charge in [-0.3, -0.25) is 14.0 Å². The van der Waals surface area contributed by atoms with Crippen LogP contribution < -0.4 is 5.56 Å². The number of carbonyl (C=O) groups excluding carboxylic acids is 1. The van der Waals surface area contributed by atoms with E-state index in [1.807, 2.05) is 72.8 Å². The lowest BCUT2D eigenvalue weighted by molar-refractivity contribution is 0.102. The molecule has 0 aliphatic rings. The van der Waals surface area contributed by atoms with Gasteiger partial charge in [0.2, 0.25) is 5.78 Å². The van der Waals surface area contributed by atoms with Crippen molar-refractivity contribution in [2.75, 3.05) is 5.75 Å². The number of thioether (sulfide) groups is 1. The summed E-state index contributed by atoms with van der Waals surface area (Å²) in [5.74, 6) is 0.752. The Hall–Kier alpha value is -3.23. The summed E-state index contributed by atoms with van der Waals surface area (Å²) in [5, 5.41) is 9.93. The monoisotopic (exact) mass is 474 g/mol. The highest BCUT2D eigenvalue weighted by Crippen LogP contribution is 2.26. The van der Waals surface area contributed by atoms with Crippen molar-refractivity contribution in [2.24, 2.45) is 0 Å². The maximum absolute atomic E-state index is 13.5. The predicted molar refractivity (Wildman–Crippen MR) is 134 cm³/mol. The van der Waals surface area contributed by atoms with Crippen molar-refractivity contribution >= 4 is 45.6 Å². The van der Waals surface area contributed by atoms with Gasteiger partial charge in [-0.15, -0.1) is 21.5 Å². The van der Waals surface area contributed by atoms with E-state index in [9.17, 15) is 9.59 Å². The van der Waals surface area contributed by atoms with E-state index < -0.39 is 0 Å². The minimum absolute atomic E-state index is 0.0635. The molecule has 0 spiro atoms. The predicted octanol–water partition coefficient (Wildman–Crippen LogP) is 5.25. The van der Waals surface area contributed by atoms with Gasteiger partial charge in [0.1, 0.15) is 0 Å². The minimum atomic E-state index is -0.141. The Morgan fingerprint density at radius 1 is 1.06 bits per heavy atom. The third-order valence-corrected chi connectivity index (χ3v) is 7.82. The van der Waals surface area contributed by atoms with Crippen molar-refractivity contribution in [3.63, 3.8) is 0 Å². The number of Topliss-reactive ketones (excluding diaryl/α,β-unsaturated/α-hetero) is 1. The Kier molecular flexibility index (Phi) is 5.64. The fourth-order valence-electron chi connectivity index (χ4n) is 3.87. The molecule has 8 heteroatoms. The lowest BCUT2D eigenvalue weighted by Gasteiger charge is -2.13. The zero-order valence-electron chi connectivity index (χ0n) is 18.5. The maximum atomic E-state index is 13.5. The molecule has 0 bridgehead atoms. The zero-order chi connectivity index (χ0) is 23.1. The molecular formula is C25H22N4O2S2. The van der Waals surface area contributed by atoms with E-state index in [0.717, 1.165) is 33.6 Å². The largest absolute Gasteiger partial charge is 0.292 e. The van der Waals surface area contributed by atoms with Crippen LogP contribution in [-0.2, 0) is 6.42 Å². The number of thiophene rings is 1. The van der Waals surface area contributed by atoms with Crippen molar-refractivity contribution in [2.45, 2.75) is 32.3 Å². The lowest BCUT2D eigenvalue weighted by Crippen LogP contribution is -2.22. The fourth-order valence-corrected chi connectivity index (χ4v) is 5.67. The van der Waals surface area contributed by atoms with Gasteiger partial charge in [-0.05, 0) is 61.7 Å². The van der Waals surface area contributed by atoms with E-state index in [0.29, 0.717) is 16.3 Å². The molecular weight excluding hydrogens is 452 g/mol. The third-order valence-electron chi connectivity index (χ3n) is 5.62. The maximum Gasteiger partial charge on any atom is 0.267 e. The quantitative estimate of drug-likeness (QED) is 0.248. The molecule has 0 atom stereocenters. The van der Waals surface area contributed by atoms with Gasteiger partial charge in [0.25, 0.3) is 5.56 Å². The van der Waals surface area contributed by atoms with Gasteiger partial charge < -0.3 is 0 Å². The molecule has 5 rings (SSSR count). The van der Waals surface area contributed by atoms with E-state index in [4.69, 9.17) is 0 Å². The van der Waals surface area contributed by atoms with Gasteiger partial charge in [-0.1, -0.05) is 43.0 Å². The first-order valence-electron chi connectivity index (χ1n) is 10.7. The summed E-state index contributed by atoms with van der Waals surface area (Å²) < 4.78 is 3.50. The molecule has 0 saturated heterocycles. The molecule has 0 fully saturated rings. The normalized spacial score (nSPS) is 11.5. The van der Waals surface area contributed by atoms with Crippen LogP contribution in [0.2, 0.25) is 0 Å². The van der Waals surface area contributed by atoms with Crippen LogP contribution in [-0.4, -0.2) is 30.7 Å². The van der Waals surface area contributed by atoms with Crippen LogP contribution in [0.4, 0.5) is 0 Å². The number of nitrogens with zero attached hydrogens (tertiary/aromatic N) is 4. The molecule has 0 radical (unpaired) electrons. The molecule has 0 N–H and O–H groups in total. The number of para-hydroxylation sites is 1. The van der Waals surface area contributed by atoms with Gasteiger partial charge in [-0.25, -0.2) is 4.57 Å². The number of hydrogen-bond acceptors (Lipinski definition) is 6. The summed E-state index contributed by atoms with van der Waals surface area (Å²) in [4.78, 5) is 28.2. The van der Waals surface area contributed by atoms with Crippen LogP contribution in [0.15, 0.2) is 64.5 Å². The summed E-state index contributed by atoms with van der Waals surface area (Å²) in [6, 6.07) is 17.3. The van der Waals surface area contributed by atoms with Crippen LogP contribution in [0.3, 0.4) is 0 Å². The first kappa shape index (κ1) is 21.6. The molecule has 0 aliphatic carbocycles. The molecule has 166 valence electrons. The number of benzene rings is 2. The Morgan fingerprint density at radius 3 is 2.67 bits per heavy atom. The van der Waals surface area contributed by atoms with Gasteiger partial charge in [-0.2, -0.15) is 0 Å². The average molecular weight is 475 g/mol. The highest BCUT2D eigenvalue weighted by molar-refractivity contribution is 7.99. The van der Waals surface area contributed by atoms with Crippen molar-refractivity contribution in [1.82, 2.24) is 19.2 Å². The Morgan fingerprint density at radius 2 is 1.88 bits per heavy atom. The van der Waals surface area contributed by atoms with Crippen LogP contribution in [0.1, 0.15) is 32.6 Å². The van der Waals surface area contributed by atoms with Crippen molar-refractivity contribution in [3.8, 4) is 5.69 Å². The number of aromatic nitrogens is 4. The second-order valence-electron chi connectivity index (χ2n) is 7.90. The van der Waals surface area contributed by atoms with E-state index in [-0.39, 0.29) is 17.1 Å². The van der Waals surface area contributed by atoms with E-state index in [1.165, 1.54) is 28.0 Å². The summed E-state index contributed by atoms with van der Waals surface area (Å²) in [6.45, 7) is 6.05. The Labute approximate surface area is 198 Å². The van der Waals surface area contributed by atoms with E-state index in [1.54, 1.807) is 4.57 Å². The molecule has 33 heavy (non-hydrogen) atoms. The molecule has 0 aliphatic heterocycles. The van der Waals surface area contributed by atoms with Gasteiger partial charge >= 0.3 is 0 Å². The lowest BCUT2D eigenvalue weighted by atomic mass is 10.1. The highest BCUT2D eigenvalue weighted by Gasteiger charge is 2.20. The summed E-state index contributed by atoms with van der Waals surface area (Å²) >= 11 is 2.88. The molecule has 2 aromatic carbocycles. The van der Waals surface area contributed by atoms with E-state index in [2.05, 4.69) is 17.1 Å². The van der Waals surface area contributed by atoms with Crippen LogP contribution in [0.25, 0.3) is 22.4 Å². The average Bonchev–Trinajstić information content (AvgIpc) is 3.47. The second kappa shape index (κ2) is 8.61. The standard InChI is InChI=1S/C25H22N4O2S2/c1-4-17-11-12-22(33-17)21(30)14-32-25-27-26-24-28(20-13-15(2)9-10-16(20)3)23(31)18-7-5-6-8-19(18)29(24)25/h5-13H,4,14H2,1-3H3. The number of fused-ring (bicyclic) bond motifs is 3. The molecule has 3 heterocycles. The highest BCUT2D eigenvalue weighted by atomic mass is 32.2. The first-order valence-corrected chi connectivity index (χ1v) is 12.5. The molecule has 0 amide bonds. The first-order chi connectivity index (χ1) is 16.0.